The zero-order valence-corrected chi connectivity index (χ0v) is 15.6. The van der Waals surface area contributed by atoms with E-state index >= 15 is 0 Å². The second-order valence-corrected chi connectivity index (χ2v) is 7.96. The third-order valence-electron chi connectivity index (χ3n) is 6.32. The van der Waals surface area contributed by atoms with Crippen LogP contribution in [0.1, 0.15) is 48.9 Å². The Labute approximate surface area is 159 Å². The normalized spacial score (nSPS) is 24.4. The van der Waals surface area contributed by atoms with Crippen molar-refractivity contribution in [1.29, 1.82) is 0 Å². The van der Waals surface area contributed by atoms with Crippen LogP contribution >= 0.6 is 0 Å². The zero-order valence-electron chi connectivity index (χ0n) is 15.6. The second kappa shape index (κ2) is 6.05. The summed E-state index contributed by atoms with van der Waals surface area (Å²) in [6.07, 6.45) is 1.72. The van der Waals surface area contributed by atoms with Crippen LogP contribution in [0.4, 0.5) is 0 Å². The fourth-order valence-electron chi connectivity index (χ4n) is 4.59. The molecule has 3 heteroatoms. The SMILES string of the molecule is CC1(c2ccc(O)cc2)CCC(C)(c2ccccc2O)c2cc(O)ccc21. The molecule has 3 aromatic carbocycles. The average Bonchev–Trinajstić information content (AvgIpc) is 2.66. The predicted molar refractivity (Wildman–Crippen MR) is 106 cm³/mol. The molecule has 1 aliphatic carbocycles. The van der Waals surface area contributed by atoms with Crippen molar-refractivity contribution in [3.05, 3.63) is 89.0 Å². The Balaban J connectivity index is 1.94. The van der Waals surface area contributed by atoms with E-state index in [-0.39, 0.29) is 22.7 Å². The number of hydrogen-bond acceptors (Lipinski definition) is 3. The van der Waals surface area contributed by atoms with E-state index in [0.717, 1.165) is 35.1 Å². The average molecular weight is 360 g/mol. The number of hydrogen-bond donors (Lipinski definition) is 3. The van der Waals surface area contributed by atoms with E-state index < -0.39 is 5.41 Å². The maximum atomic E-state index is 10.5. The highest BCUT2D eigenvalue weighted by atomic mass is 16.3. The van der Waals surface area contributed by atoms with Crippen molar-refractivity contribution in [3.8, 4) is 17.2 Å². The molecule has 2 atom stereocenters. The maximum absolute atomic E-state index is 10.5. The zero-order chi connectivity index (χ0) is 19.2. The minimum Gasteiger partial charge on any atom is -0.508 e. The highest BCUT2D eigenvalue weighted by Crippen LogP contribution is 2.53. The largest absolute Gasteiger partial charge is 0.508 e. The number of para-hydroxylation sites is 1. The Morgan fingerprint density at radius 1 is 0.630 bits per heavy atom. The lowest BCUT2D eigenvalue weighted by molar-refractivity contribution is 0.354. The summed E-state index contributed by atoms with van der Waals surface area (Å²) in [5.41, 5.74) is 3.56. The van der Waals surface area contributed by atoms with Crippen LogP contribution in [-0.4, -0.2) is 15.3 Å². The van der Waals surface area contributed by atoms with Gasteiger partial charge in [0.05, 0.1) is 0 Å². The molecule has 3 nitrogen and oxygen atoms in total. The molecular formula is C24H24O3. The number of benzene rings is 3. The van der Waals surface area contributed by atoms with E-state index in [1.165, 1.54) is 0 Å². The number of phenols is 3. The molecule has 138 valence electrons. The first-order valence-electron chi connectivity index (χ1n) is 9.26. The van der Waals surface area contributed by atoms with Gasteiger partial charge in [-0.2, -0.15) is 0 Å². The van der Waals surface area contributed by atoms with Crippen molar-refractivity contribution in [3.63, 3.8) is 0 Å². The van der Waals surface area contributed by atoms with Crippen molar-refractivity contribution in [1.82, 2.24) is 0 Å². The van der Waals surface area contributed by atoms with Gasteiger partial charge in [0.15, 0.2) is 0 Å². The molecule has 0 aliphatic heterocycles. The van der Waals surface area contributed by atoms with Gasteiger partial charge < -0.3 is 15.3 Å². The van der Waals surface area contributed by atoms with Gasteiger partial charge in [0.2, 0.25) is 0 Å². The molecular weight excluding hydrogens is 336 g/mol. The smallest absolute Gasteiger partial charge is 0.119 e. The molecule has 0 fully saturated rings. The molecule has 0 amide bonds. The third-order valence-corrected chi connectivity index (χ3v) is 6.32. The standard InChI is InChI=1S/C24H24O3/c1-23(16-7-9-17(25)10-8-16)13-14-24(2,20-5-3-4-6-22(20)27)21-15-18(26)11-12-19(21)23/h3-12,15,25-27H,13-14H2,1-2H3. The van der Waals surface area contributed by atoms with Gasteiger partial charge >= 0.3 is 0 Å². The van der Waals surface area contributed by atoms with Crippen LogP contribution in [0.5, 0.6) is 17.2 Å². The summed E-state index contributed by atoms with van der Waals surface area (Å²) in [6.45, 7) is 4.34. The Hall–Kier alpha value is -2.94. The molecule has 0 saturated carbocycles. The molecule has 27 heavy (non-hydrogen) atoms. The molecule has 0 spiro atoms. The van der Waals surface area contributed by atoms with Crippen LogP contribution in [0.2, 0.25) is 0 Å². The van der Waals surface area contributed by atoms with Gasteiger partial charge in [-0.05, 0) is 59.9 Å². The van der Waals surface area contributed by atoms with Crippen molar-refractivity contribution < 1.29 is 15.3 Å². The number of rotatable bonds is 2. The highest BCUT2D eigenvalue weighted by Gasteiger charge is 2.44. The van der Waals surface area contributed by atoms with Crippen molar-refractivity contribution in [2.45, 2.75) is 37.5 Å². The van der Waals surface area contributed by atoms with E-state index in [9.17, 15) is 15.3 Å². The van der Waals surface area contributed by atoms with E-state index in [1.54, 1.807) is 24.3 Å². The van der Waals surface area contributed by atoms with Crippen LogP contribution in [0.15, 0.2) is 66.7 Å². The van der Waals surface area contributed by atoms with Crippen LogP contribution in [0.3, 0.4) is 0 Å². The Morgan fingerprint density at radius 3 is 1.96 bits per heavy atom. The molecule has 0 heterocycles. The molecule has 4 rings (SSSR count). The molecule has 0 aromatic heterocycles. The van der Waals surface area contributed by atoms with Crippen LogP contribution in [-0.2, 0) is 10.8 Å². The van der Waals surface area contributed by atoms with Gasteiger partial charge in [-0.1, -0.05) is 50.2 Å². The minimum absolute atomic E-state index is 0.227. The van der Waals surface area contributed by atoms with E-state index in [1.807, 2.05) is 42.5 Å². The first-order valence-corrected chi connectivity index (χ1v) is 9.26. The first-order chi connectivity index (χ1) is 12.8. The molecule has 3 N–H and O–H groups in total. The van der Waals surface area contributed by atoms with E-state index in [2.05, 4.69) is 13.8 Å². The second-order valence-electron chi connectivity index (χ2n) is 7.96. The number of phenolic OH excluding ortho intramolecular Hbond substituents is 3. The van der Waals surface area contributed by atoms with Gasteiger partial charge in [-0.25, -0.2) is 0 Å². The van der Waals surface area contributed by atoms with Crippen LogP contribution in [0, 0.1) is 0 Å². The summed E-state index contributed by atoms with van der Waals surface area (Å²) in [5, 5.41) is 30.4. The van der Waals surface area contributed by atoms with Gasteiger partial charge in [-0.3, -0.25) is 0 Å². The van der Waals surface area contributed by atoms with Gasteiger partial charge in [-0.15, -0.1) is 0 Å². The summed E-state index contributed by atoms with van der Waals surface area (Å²) < 4.78 is 0. The molecule has 1 aliphatic rings. The van der Waals surface area contributed by atoms with Crippen LogP contribution in [0.25, 0.3) is 0 Å². The fourth-order valence-corrected chi connectivity index (χ4v) is 4.59. The lowest BCUT2D eigenvalue weighted by atomic mass is 9.57. The van der Waals surface area contributed by atoms with E-state index in [0.29, 0.717) is 0 Å². The first kappa shape index (κ1) is 17.5. The Kier molecular flexibility index (Phi) is 3.92. The Bertz CT molecular complexity index is 993. The summed E-state index contributed by atoms with van der Waals surface area (Å²) in [7, 11) is 0. The summed E-state index contributed by atoms with van der Waals surface area (Å²) >= 11 is 0. The third kappa shape index (κ3) is 2.66. The van der Waals surface area contributed by atoms with Gasteiger partial charge in [0, 0.05) is 16.4 Å². The van der Waals surface area contributed by atoms with Gasteiger partial charge in [0.25, 0.3) is 0 Å². The lowest BCUT2D eigenvalue weighted by Gasteiger charge is -2.46. The molecule has 0 radical (unpaired) electrons. The van der Waals surface area contributed by atoms with Crippen LogP contribution < -0.4 is 0 Å². The van der Waals surface area contributed by atoms with Crippen molar-refractivity contribution in [2.24, 2.45) is 0 Å². The molecule has 0 saturated heterocycles. The predicted octanol–water partition coefficient (Wildman–Crippen LogP) is 5.21. The summed E-state index contributed by atoms with van der Waals surface area (Å²) in [6, 6.07) is 20.4. The summed E-state index contributed by atoms with van der Waals surface area (Å²) in [5.74, 6) is 0.760. The highest BCUT2D eigenvalue weighted by molar-refractivity contribution is 5.57. The topological polar surface area (TPSA) is 60.7 Å². The maximum Gasteiger partial charge on any atom is 0.119 e. The van der Waals surface area contributed by atoms with E-state index in [4.69, 9.17) is 0 Å². The number of fused-ring (bicyclic) bond motifs is 1. The van der Waals surface area contributed by atoms with Gasteiger partial charge in [0.1, 0.15) is 17.2 Å². The monoisotopic (exact) mass is 360 g/mol. The quantitative estimate of drug-likeness (QED) is 0.588. The molecule has 3 aromatic rings. The Morgan fingerprint density at radius 2 is 1.26 bits per heavy atom. The lowest BCUT2D eigenvalue weighted by Crippen LogP contribution is -2.38. The summed E-state index contributed by atoms with van der Waals surface area (Å²) in [4.78, 5) is 0. The molecule has 2 unspecified atom stereocenters. The fraction of sp³-hybridized carbons (Fsp3) is 0.250. The number of aromatic hydroxyl groups is 3. The molecule has 0 bridgehead atoms. The van der Waals surface area contributed by atoms with Crippen molar-refractivity contribution >= 4 is 0 Å². The minimum atomic E-state index is -0.393. The van der Waals surface area contributed by atoms with Crippen molar-refractivity contribution in [2.75, 3.05) is 0 Å².